The van der Waals surface area contributed by atoms with Crippen molar-refractivity contribution in [2.75, 3.05) is 13.2 Å². The number of nitrogens with zero attached hydrogens (tertiary/aromatic N) is 1. The number of carbonyl (C=O) groups excluding carboxylic acids is 3. The van der Waals surface area contributed by atoms with Crippen molar-refractivity contribution in [3.63, 3.8) is 0 Å². The van der Waals surface area contributed by atoms with Crippen LogP contribution in [0.4, 0.5) is 0 Å². The molecule has 13 heteroatoms. The quantitative estimate of drug-likeness (QED) is 0.172. The molecule has 1 aliphatic rings. The minimum Gasteiger partial charge on any atom is -0.508 e. The SMILES string of the molecule is NC(CCC(=O)O)C(=O)NC(Cc1ccc(O)cc1)C(=O)NC(CO)C(=O)N1CCCC1C(=O)O. The number of hydrogen-bond donors (Lipinski definition) is 7. The van der Waals surface area contributed by atoms with Gasteiger partial charge in [-0.1, -0.05) is 12.1 Å². The lowest BCUT2D eigenvalue weighted by atomic mass is 10.0. The van der Waals surface area contributed by atoms with Gasteiger partial charge in [-0.15, -0.1) is 0 Å². The first-order valence-electron chi connectivity index (χ1n) is 11.0. The largest absolute Gasteiger partial charge is 0.508 e. The summed E-state index contributed by atoms with van der Waals surface area (Å²) in [5, 5.41) is 42.1. The van der Waals surface area contributed by atoms with E-state index < -0.39 is 60.4 Å². The molecule has 0 bridgehead atoms. The minimum absolute atomic E-state index is 0.0148. The maximum atomic E-state index is 13.0. The second-order valence-corrected chi connectivity index (χ2v) is 8.24. The van der Waals surface area contributed by atoms with Gasteiger partial charge in [-0.2, -0.15) is 0 Å². The van der Waals surface area contributed by atoms with E-state index in [1.165, 1.54) is 24.3 Å². The number of aliphatic hydroxyl groups excluding tert-OH is 1. The fraction of sp³-hybridized carbons (Fsp3) is 0.500. The van der Waals surface area contributed by atoms with Crippen molar-refractivity contribution >= 4 is 29.7 Å². The number of nitrogens with one attached hydrogen (secondary N) is 2. The maximum absolute atomic E-state index is 13.0. The summed E-state index contributed by atoms with van der Waals surface area (Å²) in [6, 6.07) is 0.811. The molecule has 0 aliphatic carbocycles. The van der Waals surface area contributed by atoms with Gasteiger partial charge in [-0.05, 0) is 37.0 Å². The maximum Gasteiger partial charge on any atom is 0.326 e. The first-order valence-corrected chi connectivity index (χ1v) is 11.0. The number of carbonyl (C=O) groups is 5. The standard InChI is InChI=1S/C22H30N4O9/c23-14(7-8-18(29)30)19(31)24-15(10-12-3-5-13(28)6-4-12)20(32)25-16(11-27)21(33)26-9-1-2-17(26)22(34)35/h3-6,14-17,27-28H,1-2,7-11,23H2,(H,24,31)(H,25,32)(H,29,30)(H,34,35). The van der Waals surface area contributed by atoms with Crippen LogP contribution in [-0.4, -0.2) is 92.3 Å². The monoisotopic (exact) mass is 494 g/mol. The molecule has 35 heavy (non-hydrogen) atoms. The van der Waals surface area contributed by atoms with Gasteiger partial charge in [0.15, 0.2) is 0 Å². The molecule has 1 saturated heterocycles. The van der Waals surface area contributed by atoms with Gasteiger partial charge in [-0.25, -0.2) is 4.79 Å². The van der Waals surface area contributed by atoms with E-state index in [2.05, 4.69) is 10.6 Å². The van der Waals surface area contributed by atoms with E-state index in [0.717, 1.165) is 4.90 Å². The number of aliphatic carboxylic acids is 2. The summed E-state index contributed by atoms with van der Waals surface area (Å²) < 4.78 is 0. The number of aliphatic hydroxyl groups is 1. The Morgan fingerprint density at radius 2 is 1.66 bits per heavy atom. The van der Waals surface area contributed by atoms with Gasteiger partial charge in [0.05, 0.1) is 12.6 Å². The average Bonchev–Trinajstić information content (AvgIpc) is 3.31. The fourth-order valence-electron chi connectivity index (χ4n) is 3.71. The first-order chi connectivity index (χ1) is 16.5. The van der Waals surface area contributed by atoms with Gasteiger partial charge in [-0.3, -0.25) is 19.2 Å². The molecular weight excluding hydrogens is 464 g/mol. The van der Waals surface area contributed by atoms with E-state index in [9.17, 15) is 39.3 Å². The van der Waals surface area contributed by atoms with E-state index in [4.69, 9.17) is 10.8 Å². The summed E-state index contributed by atoms with van der Waals surface area (Å²) in [6.07, 6.45) is 0.115. The molecule has 8 N–H and O–H groups in total. The fourth-order valence-corrected chi connectivity index (χ4v) is 3.71. The molecule has 4 atom stereocenters. The molecule has 0 radical (unpaired) electrons. The van der Waals surface area contributed by atoms with Crippen molar-refractivity contribution in [3.8, 4) is 5.75 Å². The molecular formula is C22H30N4O9. The first kappa shape index (κ1) is 27.5. The van der Waals surface area contributed by atoms with E-state index in [-0.39, 0.29) is 38.0 Å². The minimum atomic E-state index is -1.44. The third-order valence-electron chi connectivity index (χ3n) is 5.63. The Morgan fingerprint density at radius 1 is 1.03 bits per heavy atom. The molecule has 0 saturated carbocycles. The van der Waals surface area contributed by atoms with Gasteiger partial charge < -0.3 is 41.7 Å². The van der Waals surface area contributed by atoms with E-state index in [0.29, 0.717) is 12.0 Å². The highest BCUT2D eigenvalue weighted by molar-refractivity contribution is 5.94. The number of likely N-dealkylation sites (tertiary alicyclic amines) is 1. The summed E-state index contributed by atoms with van der Waals surface area (Å²) in [5.74, 6) is -4.74. The summed E-state index contributed by atoms with van der Waals surface area (Å²) >= 11 is 0. The molecule has 192 valence electrons. The van der Waals surface area contributed by atoms with Crippen LogP contribution in [-0.2, 0) is 30.4 Å². The number of hydrogen-bond acceptors (Lipinski definition) is 8. The highest BCUT2D eigenvalue weighted by Gasteiger charge is 2.38. The summed E-state index contributed by atoms with van der Waals surface area (Å²) in [7, 11) is 0. The summed E-state index contributed by atoms with van der Waals surface area (Å²) in [4.78, 5) is 61.6. The van der Waals surface area contributed by atoms with Crippen LogP contribution in [0.1, 0.15) is 31.2 Å². The van der Waals surface area contributed by atoms with Crippen molar-refractivity contribution in [3.05, 3.63) is 29.8 Å². The highest BCUT2D eigenvalue weighted by atomic mass is 16.4. The molecule has 1 aromatic carbocycles. The van der Waals surface area contributed by atoms with Gasteiger partial charge in [0.25, 0.3) is 0 Å². The number of benzene rings is 1. The molecule has 1 aliphatic heterocycles. The lowest BCUT2D eigenvalue weighted by Crippen LogP contribution is -2.58. The van der Waals surface area contributed by atoms with E-state index >= 15 is 0 Å². The van der Waals surface area contributed by atoms with Crippen molar-refractivity contribution in [2.24, 2.45) is 5.73 Å². The number of amides is 3. The third kappa shape index (κ3) is 7.93. The smallest absolute Gasteiger partial charge is 0.326 e. The number of phenolic OH excluding ortho intramolecular Hbond substituents is 1. The van der Waals surface area contributed by atoms with Crippen LogP contribution >= 0.6 is 0 Å². The van der Waals surface area contributed by atoms with Gasteiger partial charge in [0, 0.05) is 19.4 Å². The molecule has 0 aromatic heterocycles. The van der Waals surface area contributed by atoms with E-state index in [1.54, 1.807) is 0 Å². The molecule has 4 unspecified atom stereocenters. The Bertz CT molecular complexity index is 937. The van der Waals surface area contributed by atoms with Crippen LogP contribution < -0.4 is 16.4 Å². The van der Waals surface area contributed by atoms with Gasteiger partial charge >= 0.3 is 11.9 Å². The zero-order valence-corrected chi connectivity index (χ0v) is 18.9. The zero-order valence-electron chi connectivity index (χ0n) is 18.9. The second kappa shape index (κ2) is 12.7. The molecule has 13 nitrogen and oxygen atoms in total. The van der Waals surface area contributed by atoms with E-state index in [1.807, 2.05) is 0 Å². The van der Waals surface area contributed by atoms with Crippen molar-refractivity contribution in [1.82, 2.24) is 15.5 Å². The number of rotatable bonds is 12. The molecule has 3 amide bonds. The Labute approximate surface area is 200 Å². The molecule has 1 aromatic rings. The Morgan fingerprint density at radius 3 is 2.23 bits per heavy atom. The van der Waals surface area contributed by atoms with Crippen molar-refractivity contribution in [2.45, 2.75) is 56.3 Å². The molecule has 0 spiro atoms. The Hall–Kier alpha value is -3.71. The third-order valence-corrected chi connectivity index (χ3v) is 5.63. The topological polar surface area (TPSA) is 220 Å². The predicted molar refractivity (Wildman–Crippen MR) is 120 cm³/mol. The number of nitrogens with two attached hydrogens (primary N) is 1. The van der Waals surface area contributed by atoms with Crippen LogP contribution in [0.15, 0.2) is 24.3 Å². The number of carboxylic acid groups (broad SMARTS) is 2. The molecule has 2 rings (SSSR count). The average molecular weight is 495 g/mol. The van der Waals surface area contributed by atoms with Crippen LogP contribution in [0, 0.1) is 0 Å². The molecule has 1 fully saturated rings. The Balaban J connectivity index is 2.16. The lowest BCUT2D eigenvalue weighted by Gasteiger charge is -2.28. The predicted octanol–water partition coefficient (Wildman–Crippen LogP) is -1.84. The summed E-state index contributed by atoms with van der Waals surface area (Å²) in [5.41, 5.74) is 6.27. The lowest BCUT2D eigenvalue weighted by molar-refractivity contribution is -0.150. The number of phenols is 1. The van der Waals surface area contributed by atoms with Crippen LogP contribution in [0.5, 0.6) is 5.75 Å². The highest BCUT2D eigenvalue weighted by Crippen LogP contribution is 2.19. The van der Waals surface area contributed by atoms with Crippen LogP contribution in [0.25, 0.3) is 0 Å². The van der Waals surface area contributed by atoms with Crippen molar-refractivity contribution < 1.29 is 44.4 Å². The van der Waals surface area contributed by atoms with Crippen LogP contribution in [0.3, 0.4) is 0 Å². The number of carboxylic acids is 2. The van der Waals surface area contributed by atoms with Crippen LogP contribution in [0.2, 0.25) is 0 Å². The Kier molecular flexibility index (Phi) is 9.97. The second-order valence-electron chi connectivity index (χ2n) is 8.24. The molecule has 1 heterocycles. The van der Waals surface area contributed by atoms with Gasteiger partial charge in [0.2, 0.25) is 17.7 Å². The summed E-state index contributed by atoms with van der Waals surface area (Å²) in [6.45, 7) is -0.639. The number of aromatic hydroxyl groups is 1. The van der Waals surface area contributed by atoms with Gasteiger partial charge in [0.1, 0.15) is 23.9 Å². The van der Waals surface area contributed by atoms with Crippen molar-refractivity contribution in [1.29, 1.82) is 0 Å². The normalized spacial score (nSPS) is 17.8. The zero-order chi connectivity index (χ0) is 26.1.